The molecule has 0 saturated heterocycles. The lowest BCUT2D eigenvalue weighted by molar-refractivity contribution is -0.122. The maximum Gasteiger partial charge on any atom is 0.407 e. The maximum absolute atomic E-state index is 12.1. The first kappa shape index (κ1) is 20.5. The summed E-state index contributed by atoms with van der Waals surface area (Å²) in [6.07, 6.45) is -0.495. The van der Waals surface area contributed by atoms with Crippen LogP contribution in [0.3, 0.4) is 0 Å². The lowest BCUT2D eigenvalue weighted by Gasteiger charge is -2.19. The number of hydrogen-bond donors (Lipinski definition) is 3. The van der Waals surface area contributed by atoms with E-state index in [0.717, 1.165) is 5.56 Å². The fourth-order valence-corrected chi connectivity index (χ4v) is 1.94. The van der Waals surface area contributed by atoms with Gasteiger partial charge in [-0.05, 0) is 52.3 Å². The van der Waals surface area contributed by atoms with E-state index in [-0.39, 0.29) is 11.8 Å². The molecule has 0 aliphatic rings. The standard InChI is InChI=1S/C18H27N3O4/c1-6-19-15(22)12(2)21-16(23)14-9-7-13(8-10-14)11-20-17(24)25-18(3,4)5/h7-10,12H,6,11H2,1-5H3,(H,19,22)(H,20,24)(H,21,23)/t12-/m1/s1. The number of benzene rings is 1. The Bertz CT molecular complexity index is 606. The van der Waals surface area contributed by atoms with E-state index < -0.39 is 17.7 Å². The molecule has 0 saturated carbocycles. The Hall–Kier alpha value is -2.57. The number of rotatable bonds is 6. The minimum absolute atomic E-state index is 0.228. The molecule has 0 aliphatic carbocycles. The van der Waals surface area contributed by atoms with Crippen LogP contribution in [0.1, 0.15) is 50.5 Å². The minimum atomic E-state index is -0.610. The molecule has 0 heterocycles. The Balaban J connectivity index is 2.54. The van der Waals surface area contributed by atoms with Gasteiger partial charge in [0.1, 0.15) is 11.6 Å². The van der Waals surface area contributed by atoms with Crippen LogP contribution in [0, 0.1) is 0 Å². The molecular formula is C18H27N3O4. The van der Waals surface area contributed by atoms with E-state index in [1.165, 1.54) is 0 Å². The predicted molar refractivity (Wildman–Crippen MR) is 95.1 cm³/mol. The molecule has 0 unspecified atom stereocenters. The van der Waals surface area contributed by atoms with E-state index in [1.807, 2.05) is 6.92 Å². The van der Waals surface area contributed by atoms with E-state index in [1.54, 1.807) is 52.0 Å². The molecule has 3 N–H and O–H groups in total. The van der Waals surface area contributed by atoms with E-state index in [0.29, 0.717) is 18.7 Å². The van der Waals surface area contributed by atoms with E-state index in [9.17, 15) is 14.4 Å². The van der Waals surface area contributed by atoms with Crippen LogP contribution in [0.5, 0.6) is 0 Å². The fourth-order valence-electron chi connectivity index (χ4n) is 1.94. The van der Waals surface area contributed by atoms with Gasteiger partial charge in [-0.25, -0.2) is 4.79 Å². The van der Waals surface area contributed by atoms with Crippen molar-refractivity contribution < 1.29 is 19.1 Å². The summed E-state index contributed by atoms with van der Waals surface area (Å²) >= 11 is 0. The van der Waals surface area contributed by atoms with Crippen LogP contribution in [0.15, 0.2) is 24.3 Å². The normalized spacial score (nSPS) is 12.0. The highest BCUT2D eigenvalue weighted by atomic mass is 16.6. The average Bonchev–Trinajstić information content (AvgIpc) is 2.52. The van der Waals surface area contributed by atoms with Crippen LogP contribution >= 0.6 is 0 Å². The van der Waals surface area contributed by atoms with Gasteiger partial charge >= 0.3 is 6.09 Å². The Morgan fingerprint density at radius 3 is 2.20 bits per heavy atom. The number of nitrogens with one attached hydrogen (secondary N) is 3. The molecule has 0 aromatic heterocycles. The van der Waals surface area contributed by atoms with Crippen LogP contribution < -0.4 is 16.0 Å². The zero-order valence-electron chi connectivity index (χ0n) is 15.4. The van der Waals surface area contributed by atoms with E-state index >= 15 is 0 Å². The summed E-state index contributed by atoms with van der Waals surface area (Å²) < 4.78 is 5.16. The summed E-state index contributed by atoms with van der Waals surface area (Å²) in [5.74, 6) is -0.556. The molecule has 3 amide bonds. The Morgan fingerprint density at radius 1 is 1.08 bits per heavy atom. The van der Waals surface area contributed by atoms with Gasteiger partial charge < -0.3 is 20.7 Å². The van der Waals surface area contributed by atoms with E-state index in [4.69, 9.17) is 4.74 Å². The summed E-state index contributed by atoms with van der Waals surface area (Å²) in [6, 6.07) is 6.16. The zero-order chi connectivity index (χ0) is 19.0. The molecular weight excluding hydrogens is 322 g/mol. The first-order valence-electron chi connectivity index (χ1n) is 8.26. The largest absolute Gasteiger partial charge is 0.444 e. The van der Waals surface area contributed by atoms with Gasteiger partial charge in [0.2, 0.25) is 5.91 Å². The zero-order valence-corrected chi connectivity index (χ0v) is 15.4. The van der Waals surface area contributed by atoms with Gasteiger partial charge in [-0.3, -0.25) is 9.59 Å². The van der Waals surface area contributed by atoms with Crippen molar-refractivity contribution in [3.05, 3.63) is 35.4 Å². The molecule has 0 aliphatic heterocycles. The van der Waals surface area contributed by atoms with Gasteiger partial charge in [-0.2, -0.15) is 0 Å². The highest BCUT2D eigenvalue weighted by molar-refractivity contribution is 5.97. The number of carbonyl (C=O) groups excluding carboxylic acids is 3. The van der Waals surface area contributed by atoms with Gasteiger partial charge in [0.05, 0.1) is 0 Å². The van der Waals surface area contributed by atoms with E-state index in [2.05, 4.69) is 16.0 Å². The Kier molecular flexibility index (Phi) is 7.42. The number of ether oxygens (including phenoxy) is 1. The first-order valence-corrected chi connectivity index (χ1v) is 8.26. The van der Waals surface area contributed by atoms with Crippen LogP contribution in [0.4, 0.5) is 4.79 Å². The smallest absolute Gasteiger partial charge is 0.407 e. The van der Waals surface area contributed by atoms with Crippen molar-refractivity contribution in [2.75, 3.05) is 6.54 Å². The van der Waals surface area contributed by atoms with Gasteiger partial charge in [0.25, 0.3) is 5.91 Å². The van der Waals surface area contributed by atoms with Crippen molar-refractivity contribution >= 4 is 17.9 Å². The summed E-state index contributed by atoms with van der Waals surface area (Å²) in [4.78, 5) is 35.4. The van der Waals surface area contributed by atoms with Gasteiger partial charge in [0.15, 0.2) is 0 Å². The van der Waals surface area contributed by atoms with Crippen LogP contribution in [-0.4, -0.2) is 36.1 Å². The molecule has 25 heavy (non-hydrogen) atoms. The van der Waals surface area contributed by atoms with Gasteiger partial charge in [-0.1, -0.05) is 12.1 Å². The number of likely N-dealkylation sites (N-methyl/N-ethyl adjacent to an activating group) is 1. The molecule has 7 heteroatoms. The second kappa shape index (κ2) is 9.05. The molecule has 0 bridgehead atoms. The van der Waals surface area contributed by atoms with Crippen molar-refractivity contribution in [1.82, 2.24) is 16.0 Å². The maximum atomic E-state index is 12.1. The molecule has 0 radical (unpaired) electrons. The second-order valence-electron chi connectivity index (χ2n) is 6.64. The summed E-state index contributed by atoms with van der Waals surface area (Å²) in [5, 5.41) is 7.94. The van der Waals surface area contributed by atoms with Crippen LogP contribution in [-0.2, 0) is 16.1 Å². The minimum Gasteiger partial charge on any atom is -0.444 e. The van der Waals surface area contributed by atoms with Gasteiger partial charge in [0, 0.05) is 18.7 Å². The molecule has 1 rings (SSSR count). The molecule has 0 spiro atoms. The summed E-state index contributed by atoms with van der Waals surface area (Å²) in [5.41, 5.74) is 0.726. The molecule has 1 atom stereocenters. The lowest BCUT2D eigenvalue weighted by Crippen LogP contribution is -2.44. The molecule has 1 aromatic rings. The first-order chi connectivity index (χ1) is 11.6. The molecule has 1 aromatic carbocycles. The molecule has 7 nitrogen and oxygen atoms in total. The quantitative estimate of drug-likeness (QED) is 0.731. The fraction of sp³-hybridized carbons (Fsp3) is 0.500. The third kappa shape index (κ3) is 7.69. The highest BCUT2D eigenvalue weighted by Crippen LogP contribution is 2.08. The highest BCUT2D eigenvalue weighted by Gasteiger charge is 2.17. The topological polar surface area (TPSA) is 96.5 Å². The third-order valence-corrected chi connectivity index (χ3v) is 3.14. The Labute approximate surface area is 148 Å². The summed E-state index contributed by atoms with van der Waals surface area (Å²) in [7, 11) is 0. The van der Waals surface area contributed by atoms with Crippen molar-refractivity contribution in [1.29, 1.82) is 0 Å². The summed E-state index contributed by atoms with van der Waals surface area (Å²) in [6.45, 7) is 9.63. The number of alkyl carbamates (subject to hydrolysis) is 1. The lowest BCUT2D eigenvalue weighted by atomic mass is 10.1. The number of amides is 3. The monoisotopic (exact) mass is 349 g/mol. The van der Waals surface area contributed by atoms with Crippen molar-refractivity contribution in [2.45, 2.75) is 52.8 Å². The molecule has 0 fully saturated rings. The third-order valence-electron chi connectivity index (χ3n) is 3.14. The van der Waals surface area contributed by atoms with Crippen molar-refractivity contribution in [3.8, 4) is 0 Å². The average molecular weight is 349 g/mol. The van der Waals surface area contributed by atoms with Crippen LogP contribution in [0.2, 0.25) is 0 Å². The van der Waals surface area contributed by atoms with Crippen molar-refractivity contribution in [3.63, 3.8) is 0 Å². The molecule has 138 valence electrons. The number of hydrogen-bond acceptors (Lipinski definition) is 4. The Morgan fingerprint density at radius 2 is 1.68 bits per heavy atom. The number of carbonyl (C=O) groups is 3. The van der Waals surface area contributed by atoms with Crippen LogP contribution in [0.25, 0.3) is 0 Å². The van der Waals surface area contributed by atoms with Gasteiger partial charge in [-0.15, -0.1) is 0 Å². The van der Waals surface area contributed by atoms with Crippen molar-refractivity contribution in [2.24, 2.45) is 0 Å². The predicted octanol–water partition coefficient (Wildman–Crippen LogP) is 1.97. The second-order valence-corrected chi connectivity index (χ2v) is 6.64. The SMILES string of the molecule is CCNC(=O)[C@@H](C)NC(=O)c1ccc(CNC(=O)OC(C)(C)C)cc1.